The Morgan fingerprint density at radius 1 is 1.46 bits per heavy atom. The van der Waals surface area contributed by atoms with Gasteiger partial charge in [-0.15, -0.1) is 0 Å². The fraction of sp³-hybridized carbons (Fsp3) is 1.00. The molecule has 0 bridgehead atoms. The van der Waals surface area contributed by atoms with Crippen LogP contribution in [-0.2, 0) is 4.74 Å². The molecule has 0 radical (unpaired) electrons. The molecule has 5 heteroatoms. The van der Waals surface area contributed by atoms with Crippen molar-refractivity contribution in [3.8, 4) is 0 Å². The fourth-order valence-electron chi connectivity index (χ4n) is 1.14. The molecule has 3 nitrogen and oxygen atoms in total. The van der Waals surface area contributed by atoms with Crippen LogP contribution in [0.3, 0.4) is 0 Å². The highest BCUT2D eigenvalue weighted by atomic mass is 19.3. The zero-order valence-electron chi connectivity index (χ0n) is 8.09. The van der Waals surface area contributed by atoms with Crippen LogP contribution in [0.2, 0.25) is 0 Å². The van der Waals surface area contributed by atoms with Crippen LogP contribution in [-0.4, -0.2) is 39.3 Å². The highest BCUT2D eigenvalue weighted by Gasteiger charge is 2.16. The average molecular weight is 196 g/mol. The maximum absolute atomic E-state index is 11.8. The van der Waals surface area contributed by atoms with E-state index in [1.165, 1.54) is 0 Å². The van der Waals surface area contributed by atoms with Crippen molar-refractivity contribution in [2.24, 2.45) is 11.7 Å². The molecule has 0 aliphatic heterocycles. The summed E-state index contributed by atoms with van der Waals surface area (Å²) in [5.41, 5.74) is 5.43. The maximum Gasteiger partial charge on any atom is 0.250 e. The molecule has 0 aromatic heterocycles. The summed E-state index contributed by atoms with van der Waals surface area (Å²) in [5, 5.41) is 2.70. The van der Waals surface area contributed by atoms with Crippen molar-refractivity contribution in [2.45, 2.75) is 19.4 Å². The van der Waals surface area contributed by atoms with Crippen molar-refractivity contribution >= 4 is 0 Å². The first-order valence-electron chi connectivity index (χ1n) is 4.32. The first-order valence-corrected chi connectivity index (χ1v) is 4.32. The molecular weight excluding hydrogens is 178 g/mol. The second kappa shape index (κ2) is 7.17. The van der Waals surface area contributed by atoms with Crippen LogP contribution >= 0.6 is 0 Å². The Kier molecular flexibility index (Phi) is 7.03. The van der Waals surface area contributed by atoms with Crippen molar-refractivity contribution in [3.63, 3.8) is 0 Å². The van der Waals surface area contributed by atoms with Crippen LogP contribution < -0.4 is 11.1 Å². The number of rotatable bonds is 7. The molecule has 0 amide bonds. The number of ether oxygens (including phenoxy) is 1. The molecule has 0 aromatic carbocycles. The Bertz CT molecular complexity index is 125. The molecule has 0 saturated carbocycles. The van der Waals surface area contributed by atoms with E-state index in [1.54, 1.807) is 7.11 Å². The molecule has 0 aliphatic carbocycles. The zero-order valence-corrected chi connectivity index (χ0v) is 8.09. The number of hydrogen-bond acceptors (Lipinski definition) is 3. The molecule has 0 heterocycles. The van der Waals surface area contributed by atoms with E-state index in [2.05, 4.69) is 5.32 Å². The molecule has 2 atom stereocenters. The van der Waals surface area contributed by atoms with Gasteiger partial charge in [0.2, 0.25) is 0 Å². The number of hydrogen-bond donors (Lipinski definition) is 2. The molecule has 0 spiro atoms. The standard InChI is InChI=1S/C8H18F2N2O/c1-6(5-13-2)7(3-11)12-4-8(9)10/h6-8,12H,3-5,11H2,1-2H3. The summed E-state index contributed by atoms with van der Waals surface area (Å²) in [5.74, 6) is 0.147. The van der Waals surface area contributed by atoms with Crippen LogP contribution in [0.25, 0.3) is 0 Å². The summed E-state index contributed by atoms with van der Waals surface area (Å²) in [4.78, 5) is 0. The molecule has 80 valence electrons. The molecule has 0 fully saturated rings. The minimum atomic E-state index is -2.33. The van der Waals surface area contributed by atoms with Crippen molar-refractivity contribution in [1.29, 1.82) is 0 Å². The average Bonchev–Trinajstić information content (AvgIpc) is 2.05. The predicted octanol–water partition coefficient (Wildman–Crippen LogP) is 0.451. The van der Waals surface area contributed by atoms with E-state index in [0.29, 0.717) is 13.2 Å². The van der Waals surface area contributed by atoms with Gasteiger partial charge in [0.15, 0.2) is 0 Å². The van der Waals surface area contributed by atoms with Gasteiger partial charge in [-0.1, -0.05) is 6.92 Å². The van der Waals surface area contributed by atoms with E-state index < -0.39 is 6.43 Å². The molecule has 0 aliphatic rings. The van der Waals surface area contributed by atoms with Crippen LogP contribution in [0.1, 0.15) is 6.92 Å². The van der Waals surface area contributed by atoms with Gasteiger partial charge in [0.25, 0.3) is 6.43 Å². The van der Waals surface area contributed by atoms with Crippen molar-refractivity contribution in [2.75, 3.05) is 26.8 Å². The highest BCUT2D eigenvalue weighted by molar-refractivity contribution is 4.74. The third-order valence-corrected chi connectivity index (χ3v) is 1.90. The molecule has 0 aromatic rings. The summed E-state index contributed by atoms with van der Waals surface area (Å²) in [7, 11) is 1.58. The Morgan fingerprint density at radius 2 is 2.08 bits per heavy atom. The second-order valence-corrected chi connectivity index (χ2v) is 3.07. The van der Waals surface area contributed by atoms with Crippen LogP contribution in [0.4, 0.5) is 8.78 Å². The van der Waals surface area contributed by atoms with Crippen molar-refractivity contribution in [3.05, 3.63) is 0 Å². The van der Waals surface area contributed by atoms with Gasteiger partial charge in [0.1, 0.15) is 0 Å². The number of nitrogens with two attached hydrogens (primary N) is 1. The number of methoxy groups -OCH3 is 1. The normalized spacial score (nSPS) is 16.2. The quantitative estimate of drug-likeness (QED) is 0.621. The largest absolute Gasteiger partial charge is 0.384 e. The topological polar surface area (TPSA) is 47.3 Å². The number of alkyl halides is 2. The smallest absolute Gasteiger partial charge is 0.250 e. The monoisotopic (exact) mass is 196 g/mol. The lowest BCUT2D eigenvalue weighted by Crippen LogP contribution is -2.44. The van der Waals surface area contributed by atoms with Crippen LogP contribution in [0.5, 0.6) is 0 Å². The second-order valence-electron chi connectivity index (χ2n) is 3.07. The third kappa shape index (κ3) is 5.90. The van der Waals surface area contributed by atoms with Gasteiger partial charge in [-0.3, -0.25) is 0 Å². The van der Waals surface area contributed by atoms with Gasteiger partial charge in [-0.2, -0.15) is 0 Å². The summed E-state index contributed by atoms with van der Waals surface area (Å²) in [6.07, 6.45) is -2.33. The van der Waals surface area contributed by atoms with Gasteiger partial charge >= 0.3 is 0 Å². The lowest BCUT2D eigenvalue weighted by atomic mass is 10.0. The zero-order chi connectivity index (χ0) is 10.3. The van der Waals surface area contributed by atoms with Gasteiger partial charge < -0.3 is 15.8 Å². The van der Waals surface area contributed by atoms with Crippen molar-refractivity contribution < 1.29 is 13.5 Å². The Balaban J connectivity index is 3.73. The Morgan fingerprint density at radius 3 is 2.46 bits per heavy atom. The van der Waals surface area contributed by atoms with Crippen LogP contribution in [0, 0.1) is 5.92 Å². The summed E-state index contributed by atoms with van der Waals surface area (Å²) < 4.78 is 28.6. The molecule has 2 unspecified atom stereocenters. The van der Waals surface area contributed by atoms with E-state index in [9.17, 15) is 8.78 Å². The molecule has 0 rings (SSSR count). The Labute approximate surface area is 77.6 Å². The van der Waals surface area contributed by atoms with Gasteiger partial charge in [-0.05, 0) is 5.92 Å². The minimum absolute atomic E-state index is 0.103. The molecular formula is C8H18F2N2O. The number of halogens is 2. The molecule has 0 saturated heterocycles. The lowest BCUT2D eigenvalue weighted by Gasteiger charge is -2.22. The SMILES string of the molecule is COCC(C)C(CN)NCC(F)F. The number of nitrogens with one attached hydrogen (secondary N) is 1. The molecule has 3 N–H and O–H groups in total. The van der Waals surface area contributed by atoms with Crippen molar-refractivity contribution in [1.82, 2.24) is 5.32 Å². The molecule has 13 heavy (non-hydrogen) atoms. The lowest BCUT2D eigenvalue weighted by molar-refractivity contribution is 0.116. The van der Waals surface area contributed by atoms with E-state index in [4.69, 9.17) is 10.5 Å². The fourth-order valence-corrected chi connectivity index (χ4v) is 1.14. The summed E-state index contributed by atoms with van der Waals surface area (Å²) >= 11 is 0. The van der Waals surface area contributed by atoms with Gasteiger partial charge in [0.05, 0.1) is 13.2 Å². The van der Waals surface area contributed by atoms with E-state index >= 15 is 0 Å². The third-order valence-electron chi connectivity index (χ3n) is 1.90. The maximum atomic E-state index is 11.8. The van der Waals surface area contributed by atoms with E-state index in [0.717, 1.165) is 0 Å². The first kappa shape index (κ1) is 12.7. The van der Waals surface area contributed by atoms with Gasteiger partial charge in [-0.25, -0.2) is 8.78 Å². The Hall–Kier alpha value is -0.260. The van der Waals surface area contributed by atoms with E-state index in [1.807, 2.05) is 6.92 Å². The highest BCUT2D eigenvalue weighted by Crippen LogP contribution is 2.02. The van der Waals surface area contributed by atoms with Crippen LogP contribution in [0.15, 0.2) is 0 Å². The van der Waals surface area contributed by atoms with Gasteiger partial charge in [0, 0.05) is 19.7 Å². The van der Waals surface area contributed by atoms with E-state index in [-0.39, 0.29) is 18.5 Å². The first-order chi connectivity index (χ1) is 6.11. The summed E-state index contributed by atoms with van der Waals surface area (Å²) in [6.45, 7) is 2.48. The minimum Gasteiger partial charge on any atom is -0.384 e. The predicted molar refractivity (Wildman–Crippen MR) is 47.9 cm³/mol. The summed E-state index contributed by atoms with van der Waals surface area (Å²) in [6, 6.07) is -0.103.